The van der Waals surface area contributed by atoms with Gasteiger partial charge in [0.05, 0.1) is 18.0 Å². The van der Waals surface area contributed by atoms with Crippen LogP contribution in [0.5, 0.6) is 0 Å². The van der Waals surface area contributed by atoms with Crippen LogP contribution in [0.2, 0.25) is 0 Å². The van der Waals surface area contributed by atoms with Crippen molar-refractivity contribution in [3.8, 4) is 0 Å². The van der Waals surface area contributed by atoms with Gasteiger partial charge >= 0.3 is 7.82 Å². The lowest BCUT2D eigenvalue weighted by atomic mass is 10.5. The van der Waals surface area contributed by atoms with E-state index in [-0.39, 0.29) is 6.10 Å². The number of hydrogen-bond donors (Lipinski definition) is 0. The first-order valence-electron chi connectivity index (χ1n) is 2.43. The molecule has 0 aromatic heterocycles. The van der Waals surface area contributed by atoms with Gasteiger partial charge in [0.15, 0.2) is 0 Å². The second kappa shape index (κ2) is 4.90. The van der Waals surface area contributed by atoms with Crippen molar-refractivity contribution in [1.82, 2.24) is 0 Å². The van der Waals surface area contributed by atoms with Crippen molar-refractivity contribution in [2.45, 2.75) is 20.0 Å². The van der Waals surface area contributed by atoms with E-state index < -0.39 is 7.82 Å². The summed E-state index contributed by atoms with van der Waals surface area (Å²) in [6, 6.07) is 0. The first-order chi connectivity index (χ1) is 4.54. The fraction of sp³-hybridized carbons (Fsp3) is 1.00. The molecule has 1 atom stereocenters. The van der Waals surface area contributed by atoms with Crippen molar-refractivity contribution in [3.05, 3.63) is 0 Å². The molecule has 4 nitrogen and oxygen atoms in total. The minimum absolute atomic E-state index is 0.251. The molecule has 0 saturated heterocycles. The lowest BCUT2D eigenvalue weighted by molar-refractivity contribution is 0.181. The molecule has 0 saturated carbocycles. The SMILES string of the molecule is CC(C)OP(=O)(OCl)OI. The summed E-state index contributed by atoms with van der Waals surface area (Å²) in [4.78, 5) is 0. The average Bonchev–Trinajstić information content (AvgIpc) is 1.87. The third kappa shape index (κ3) is 4.10. The molecule has 0 radical (unpaired) electrons. The summed E-state index contributed by atoms with van der Waals surface area (Å²) in [6.07, 6.45) is -0.251. The van der Waals surface area contributed by atoms with Gasteiger partial charge in [0.2, 0.25) is 0 Å². The van der Waals surface area contributed by atoms with Crippen LogP contribution in [0.3, 0.4) is 0 Å². The summed E-state index contributed by atoms with van der Waals surface area (Å²) in [5.41, 5.74) is 0. The number of phosphoric acid groups is 1. The van der Waals surface area contributed by atoms with E-state index in [1.165, 1.54) is 23.0 Å². The van der Waals surface area contributed by atoms with Crippen LogP contribution in [0.15, 0.2) is 0 Å². The zero-order valence-electron chi connectivity index (χ0n) is 5.41. The molecule has 0 amide bonds. The van der Waals surface area contributed by atoms with Crippen molar-refractivity contribution in [2.24, 2.45) is 0 Å². The highest BCUT2D eigenvalue weighted by molar-refractivity contribution is 14.1. The van der Waals surface area contributed by atoms with Gasteiger partial charge in [-0.2, -0.15) is 4.08 Å². The van der Waals surface area contributed by atoms with E-state index in [1.54, 1.807) is 13.8 Å². The number of hydrogen-bond acceptors (Lipinski definition) is 4. The Labute approximate surface area is 78.6 Å². The maximum atomic E-state index is 11.0. The summed E-state index contributed by atoms with van der Waals surface area (Å²) < 4.78 is 24.0. The van der Waals surface area contributed by atoms with Crippen LogP contribution in [0, 0.1) is 0 Å². The lowest BCUT2D eigenvalue weighted by Gasteiger charge is -2.11. The Hall–Kier alpha value is 1.13. The second-order valence-electron chi connectivity index (χ2n) is 1.74. The highest BCUT2D eigenvalue weighted by Gasteiger charge is 2.27. The predicted octanol–water partition coefficient (Wildman–Crippen LogP) is 3.06. The Bertz CT molecular complexity index is 132. The molecule has 1 unspecified atom stereocenters. The third-order valence-electron chi connectivity index (χ3n) is 0.509. The van der Waals surface area contributed by atoms with Gasteiger partial charge in [0.1, 0.15) is 23.0 Å². The maximum absolute atomic E-state index is 11.0. The minimum atomic E-state index is -3.49. The van der Waals surface area contributed by atoms with E-state index in [0.717, 1.165) is 0 Å². The zero-order chi connectivity index (χ0) is 8.20. The van der Waals surface area contributed by atoms with Crippen molar-refractivity contribution in [1.29, 1.82) is 0 Å². The van der Waals surface area contributed by atoms with Gasteiger partial charge in [-0.1, -0.05) is 0 Å². The zero-order valence-corrected chi connectivity index (χ0v) is 9.22. The van der Waals surface area contributed by atoms with E-state index in [1.807, 2.05) is 0 Å². The Balaban J connectivity index is 3.94. The molecule has 0 aromatic rings. The first kappa shape index (κ1) is 11.1. The quantitative estimate of drug-likeness (QED) is 0.591. The van der Waals surface area contributed by atoms with Crippen molar-refractivity contribution >= 4 is 42.7 Å². The molecule has 7 heteroatoms. The smallest absolute Gasteiger partial charge is 0.283 e. The lowest BCUT2D eigenvalue weighted by Crippen LogP contribution is -1.99. The fourth-order valence-corrected chi connectivity index (χ4v) is 1.89. The average molecular weight is 300 g/mol. The summed E-state index contributed by atoms with van der Waals surface area (Å²) in [7, 11) is -3.49. The molecule has 0 aromatic carbocycles. The normalized spacial score (nSPS) is 17.3. The van der Waals surface area contributed by atoms with Crippen LogP contribution in [0.25, 0.3) is 0 Å². The molecule has 0 aliphatic rings. The monoisotopic (exact) mass is 300 g/mol. The van der Waals surface area contributed by atoms with Crippen LogP contribution < -0.4 is 0 Å². The largest absolute Gasteiger partial charge is 0.501 e. The molecule has 0 spiro atoms. The van der Waals surface area contributed by atoms with Gasteiger partial charge in [0, 0.05) is 0 Å². The van der Waals surface area contributed by atoms with Gasteiger partial charge in [0.25, 0.3) is 0 Å². The second-order valence-corrected chi connectivity index (χ2v) is 4.72. The highest BCUT2D eigenvalue weighted by Crippen LogP contribution is 2.53. The Morgan fingerprint density at radius 3 is 2.20 bits per heavy atom. The Morgan fingerprint density at radius 1 is 1.60 bits per heavy atom. The van der Waals surface area contributed by atoms with E-state index in [9.17, 15) is 4.57 Å². The van der Waals surface area contributed by atoms with Crippen molar-refractivity contribution in [2.75, 3.05) is 0 Å². The molecule has 62 valence electrons. The first-order valence-corrected chi connectivity index (χ1v) is 5.08. The minimum Gasteiger partial charge on any atom is -0.283 e. The van der Waals surface area contributed by atoms with E-state index in [4.69, 9.17) is 16.4 Å². The molecular formula is C3H7ClIO4P. The Morgan fingerprint density at radius 2 is 2.10 bits per heavy atom. The highest BCUT2D eigenvalue weighted by atomic mass is 127. The van der Waals surface area contributed by atoms with Crippen LogP contribution in [0.4, 0.5) is 0 Å². The van der Waals surface area contributed by atoms with E-state index in [0.29, 0.717) is 0 Å². The summed E-state index contributed by atoms with van der Waals surface area (Å²) in [5, 5.41) is 0. The molecule has 0 aliphatic carbocycles. The molecule has 0 bridgehead atoms. The van der Waals surface area contributed by atoms with Crippen LogP contribution in [0.1, 0.15) is 13.8 Å². The van der Waals surface area contributed by atoms with Crippen LogP contribution >= 0.6 is 42.7 Å². The van der Waals surface area contributed by atoms with Gasteiger partial charge < -0.3 is 0 Å². The summed E-state index contributed by atoms with van der Waals surface area (Å²) in [5.74, 6) is 0. The third-order valence-corrected chi connectivity index (χ3v) is 3.48. The predicted molar refractivity (Wildman–Crippen MR) is 45.9 cm³/mol. The molecule has 0 fully saturated rings. The Kier molecular flexibility index (Phi) is 5.45. The standard InChI is InChI=1S/C3H7ClIO4P/c1-3(2)7-10(6,8-4)9-5/h3H,1-2H3. The van der Waals surface area contributed by atoms with Crippen LogP contribution in [-0.2, 0) is 16.0 Å². The van der Waals surface area contributed by atoms with Gasteiger partial charge in [-0.15, -0.1) is 0 Å². The molecule has 0 N–H and O–H groups in total. The maximum Gasteiger partial charge on any atom is 0.501 e. The molecule has 0 aliphatic heterocycles. The van der Waals surface area contributed by atoms with E-state index >= 15 is 0 Å². The molecule has 0 heterocycles. The fourth-order valence-electron chi connectivity index (χ4n) is 0.301. The van der Waals surface area contributed by atoms with Crippen molar-refractivity contribution in [3.63, 3.8) is 0 Å². The summed E-state index contributed by atoms with van der Waals surface area (Å²) in [6.45, 7) is 3.39. The van der Waals surface area contributed by atoms with Gasteiger partial charge in [-0.25, -0.2) is 7.42 Å². The van der Waals surface area contributed by atoms with E-state index in [2.05, 4.69) is 6.93 Å². The molecule has 0 rings (SSSR count). The summed E-state index contributed by atoms with van der Waals surface area (Å²) >= 11 is 6.24. The molecular weight excluding hydrogens is 293 g/mol. The topological polar surface area (TPSA) is 44.8 Å². The number of halogens is 2. The van der Waals surface area contributed by atoms with Crippen molar-refractivity contribution < 1.29 is 16.0 Å². The number of rotatable bonds is 4. The van der Waals surface area contributed by atoms with Gasteiger partial charge in [-0.3, -0.25) is 4.52 Å². The molecule has 10 heavy (non-hydrogen) atoms. The van der Waals surface area contributed by atoms with Crippen LogP contribution in [-0.4, -0.2) is 6.10 Å². The van der Waals surface area contributed by atoms with Gasteiger partial charge in [-0.05, 0) is 13.8 Å².